The zero-order valence-electron chi connectivity index (χ0n) is 11.4. The Bertz CT molecular complexity index is 273. The molecule has 3 nitrogen and oxygen atoms in total. The van der Waals surface area contributed by atoms with Gasteiger partial charge in [-0.05, 0) is 12.3 Å². The van der Waals surface area contributed by atoms with Crippen molar-refractivity contribution in [2.24, 2.45) is 11.8 Å². The van der Waals surface area contributed by atoms with E-state index in [-0.39, 0.29) is 17.7 Å². The van der Waals surface area contributed by atoms with Crippen molar-refractivity contribution in [2.75, 3.05) is 6.54 Å². The molecule has 2 amide bonds. The van der Waals surface area contributed by atoms with Crippen LogP contribution < -0.4 is 0 Å². The van der Waals surface area contributed by atoms with Crippen molar-refractivity contribution in [1.82, 2.24) is 4.90 Å². The molecule has 1 rings (SSSR count). The van der Waals surface area contributed by atoms with Crippen molar-refractivity contribution < 1.29 is 9.59 Å². The predicted octanol–water partition coefficient (Wildman–Crippen LogP) is 2.99. The predicted molar refractivity (Wildman–Crippen MR) is 68.4 cm³/mol. The summed E-state index contributed by atoms with van der Waals surface area (Å²) in [5, 5.41) is 0. The second-order valence-electron chi connectivity index (χ2n) is 5.36. The van der Waals surface area contributed by atoms with E-state index in [4.69, 9.17) is 0 Å². The Morgan fingerprint density at radius 1 is 1.29 bits per heavy atom. The van der Waals surface area contributed by atoms with E-state index in [9.17, 15) is 9.59 Å². The molecule has 1 aliphatic heterocycles. The third-order valence-corrected chi connectivity index (χ3v) is 3.56. The molecule has 1 aliphatic rings. The van der Waals surface area contributed by atoms with Crippen LogP contribution in [0.4, 0.5) is 0 Å². The molecule has 1 heterocycles. The van der Waals surface area contributed by atoms with E-state index in [1.807, 2.05) is 13.8 Å². The van der Waals surface area contributed by atoms with Crippen LogP contribution in [0.15, 0.2) is 0 Å². The van der Waals surface area contributed by atoms with Gasteiger partial charge in [0.25, 0.3) is 0 Å². The van der Waals surface area contributed by atoms with Gasteiger partial charge in [-0.1, -0.05) is 46.5 Å². The van der Waals surface area contributed by atoms with Gasteiger partial charge >= 0.3 is 0 Å². The Labute approximate surface area is 105 Å². The quantitative estimate of drug-likeness (QED) is 0.506. The summed E-state index contributed by atoms with van der Waals surface area (Å²) in [7, 11) is 0. The van der Waals surface area contributed by atoms with E-state index < -0.39 is 0 Å². The molecule has 1 fully saturated rings. The minimum absolute atomic E-state index is 0.0309. The number of carbonyl (C=O) groups excluding carboxylic acids is 2. The van der Waals surface area contributed by atoms with Crippen LogP contribution in [-0.2, 0) is 9.59 Å². The number of nitrogens with zero attached hydrogens (tertiary/aromatic N) is 1. The minimum Gasteiger partial charge on any atom is -0.282 e. The van der Waals surface area contributed by atoms with E-state index >= 15 is 0 Å². The second-order valence-corrected chi connectivity index (χ2v) is 5.36. The molecule has 0 radical (unpaired) electrons. The fraction of sp³-hybridized carbons (Fsp3) is 0.857. The highest BCUT2D eigenvalue weighted by Gasteiger charge is 2.41. The highest BCUT2D eigenvalue weighted by Crippen LogP contribution is 2.26. The van der Waals surface area contributed by atoms with Crippen LogP contribution in [0.2, 0.25) is 0 Å². The van der Waals surface area contributed by atoms with Gasteiger partial charge < -0.3 is 0 Å². The summed E-state index contributed by atoms with van der Waals surface area (Å²) >= 11 is 0. The molecular weight excluding hydrogens is 214 g/mol. The summed E-state index contributed by atoms with van der Waals surface area (Å²) in [6.45, 7) is 6.89. The first kappa shape index (κ1) is 14.2. The first-order valence-corrected chi connectivity index (χ1v) is 6.92. The van der Waals surface area contributed by atoms with Gasteiger partial charge in [0.2, 0.25) is 11.8 Å². The van der Waals surface area contributed by atoms with Gasteiger partial charge in [-0.3, -0.25) is 14.5 Å². The van der Waals surface area contributed by atoms with E-state index in [2.05, 4.69) is 6.92 Å². The fourth-order valence-corrected chi connectivity index (χ4v) is 2.19. The van der Waals surface area contributed by atoms with Crippen molar-refractivity contribution in [3.63, 3.8) is 0 Å². The van der Waals surface area contributed by atoms with Crippen molar-refractivity contribution in [2.45, 2.75) is 59.3 Å². The molecule has 0 unspecified atom stereocenters. The van der Waals surface area contributed by atoms with Crippen LogP contribution >= 0.6 is 0 Å². The zero-order chi connectivity index (χ0) is 12.8. The number of unbranched alkanes of at least 4 members (excludes halogenated alkanes) is 4. The van der Waals surface area contributed by atoms with E-state index in [1.54, 1.807) is 0 Å². The molecule has 0 bridgehead atoms. The SMILES string of the molecule is CCCCCCCC(=O)N1C[C@@H](C(C)C)C1=O. The zero-order valence-corrected chi connectivity index (χ0v) is 11.4. The van der Waals surface area contributed by atoms with E-state index in [0.29, 0.717) is 18.9 Å². The molecular formula is C14H25NO2. The number of hydrogen-bond donors (Lipinski definition) is 0. The van der Waals surface area contributed by atoms with Crippen molar-refractivity contribution in [3.05, 3.63) is 0 Å². The first-order chi connectivity index (χ1) is 8.07. The smallest absolute Gasteiger partial charge is 0.234 e. The maximum Gasteiger partial charge on any atom is 0.234 e. The summed E-state index contributed by atoms with van der Waals surface area (Å²) in [5.41, 5.74) is 0. The molecule has 98 valence electrons. The number of imide groups is 1. The fourth-order valence-electron chi connectivity index (χ4n) is 2.19. The Hall–Kier alpha value is -0.860. The molecule has 0 aromatic rings. The lowest BCUT2D eigenvalue weighted by molar-refractivity contribution is -0.160. The number of β-lactam (4-membered cyclic amide) rings is 1. The maximum absolute atomic E-state index is 11.7. The van der Waals surface area contributed by atoms with Gasteiger partial charge in [-0.2, -0.15) is 0 Å². The third kappa shape index (κ3) is 3.83. The molecule has 3 heteroatoms. The van der Waals surface area contributed by atoms with Crippen LogP contribution in [0, 0.1) is 11.8 Å². The number of amides is 2. The van der Waals surface area contributed by atoms with Crippen LogP contribution in [0.25, 0.3) is 0 Å². The molecule has 0 aromatic heterocycles. The summed E-state index contributed by atoms with van der Waals surface area (Å²) in [5.74, 6) is 0.511. The molecule has 17 heavy (non-hydrogen) atoms. The van der Waals surface area contributed by atoms with Gasteiger partial charge in [-0.25, -0.2) is 0 Å². The van der Waals surface area contributed by atoms with Crippen molar-refractivity contribution in [3.8, 4) is 0 Å². The van der Waals surface area contributed by atoms with E-state index in [1.165, 1.54) is 24.2 Å². The van der Waals surface area contributed by atoms with Gasteiger partial charge in [0, 0.05) is 13.0 Å². The number of hydrogen-bond acceptors (Lipinski definition) is 2. The normalized spacial score (nSPS) is 19.6. The van der Waals surface area contributed by atoms with Crippen LogP contribution in [0.3, 0.4) is 0 Å². The first-order valence-electron chi connectivity index (χ1n) is 6.92. The second kappa shape index (κ2) is 6.77. The summed E-state index contributed by atoms with van der Waals surface area (Å²) in [6.07, 6.45) is 6.23. The molecule has 0 spiro atoms. The Kier molecular flexibility index (Phi) is 5.66. The van der Waals surface area contributed by atoms with Crippen LogP contribution in [0.1, 0.15) is 59.3 Å². The van der Waals surface area contributed by atoms with Gasteiger partial charge in [-0.15, -0.1) is 0 Å². The summed E-state index contributed by atoms with van der Waals surface area (Å²) in [4.78, 5) is 24.9. The number of carbonyl (C=O) groups is 2. The van der Waals surface area contributed by atoms with Crippen LogP contribution in [0.5, 0.6) is 0 Å². The number of likely N-dealkylation sites (tertiary alicyclic amines) is 1. The Morgan fingerprint density at radius 2 is 1.94 bits per heavy atom. The summed E-state index contributed by atoms with van der Waals surface area (Å²) in [6, 6.07) is 0. The number of rotatable bonds is 7. The maximum atomic E-state index is 11.7. The molecule has 0 saturated carbocycles. The lowest BCUT2D eigenvalue weighted by Gasteiger charge is -2.39. The Morgan fingerprint density at radius 3 is 2.47 bits per heavy atom. The average Bonchev–Trinajstić information content (AvgIpc) is 2.26. The highest BCUT2D eigenvalue weighted by atomic mass is 16.2. The van der Waals surface area contributed by atoms with Gasteiger partial charge in [0.05, 0.1) is 5.92 Å². The van der Waals surface area contributed by atoms with Gasteiger partial charge in [0.1, 0.15) is 0 Å². The molecule has 0 aliphatic carbocycles. The van der Waals surface area contributed by atoms with E-state index in [0.717, 1.165) is 12.8 Å². The lowest BCUT2D eigenvalue weighted by Crippen LogP contribution is -2.56. The minimum atomic E-state index is 0.0309. The molecule has 0 N–H and O–H groups in total. The standard InChI is InChI=1S/C14H25NO2/c1-4-5-6-7-8-9-13(16)15-10-12(11(2)3)14(15)17/h11-12H,4-10H2,1-3H3/t12-/m0/s1. The van der Waals surface area contributed by atoms with Crippen molar-refractivity contribution >= 4 is 11.8 Å². The van der Waals surface area contributed by atoms with Crippen molar-refractivity contribution in [1.29, 1.82) is 0 Å². The topological polar surface area (TPSA) is 37.4 Å². The van der Waals surface area contributed by atoms with Crippen LogP contribution in [-0.4, -0.2) is 23.3 Å². The average molecular weight is 239 g/mol. The molecule has 1 saturated heterocycles. The molecule has 1 atom stereocenters. The monoisotopic (exact) mass is 239 g/mol. The summed E-state index contributed by atoms with van der Waals surface area (Å²) < 4.78 is 0. The highest BCUT2D eigenvalue weighted by molar-refractivity contribution is 6.00. The largest absolute Gasteiger partial charge is 0.282 e. The molecule has 0 aromatic carbocycles. The lowest BCUT2D eigenvalue weighted by atomic mass is 9.87. The third-order valence-electron chi connectivity index (χ3n) is 3.56. The Balaban J connectivity index is 2.16. The van der Waals surface area contributed by atoms with Gasteiger partial charge in [0.15, 0.2) is 0 Å².